The van der Waals surface area contributed by atoms with Crippen molar-refractivity contribution in [2.75, 3.05) is 0 Å². The van der Waals surface area contributed by atoms with E-state index in [4.69, 9.17) is 0 Å². The van der Waals surface area contributed by atoms with Crippen LogP contribution in [0.5, 0.6) is 0 Å². The summed E-state index contributed by atoms with van der Waals surface area (Å²) in [7, 11) is 0. The second-order valence-corrected chi connectivity index (χ2v) is 7.65. The minimum Gasteiger partial charge on any atom is -0.388 e. The largest absolute Gasteiger partial charge is 0.388 e. The van der Waals surface area contributed by atoms with Gasteiger partial charge in [0.1, 0.15) is 0 Å². The van der Waals surface area contributed by atoms with Gasteiger partial charge in [0.2, 0.25) is 0 Å². The Labute approximate surface area is 144 Å². The van der Waals surface area contributed by atoms with Gasteiger partial charge in [-0.25, -0.2) is 0 Å². The van der Waals surface area contributed by atoms with E-state index in [1.165, 1.54) is 32.1 Å². The zero-order chi connectivity index (χ0) is 17.5. The molecule has 0 aliphatic rings. The lowest BCUT2D eigenvalue weighted by Crippen LogP contribution is -2.00. The number of thioether (sulfide) groups is 1. The molecular weight excluding hydrogens is 288 g/mol. The molecule has 0 saturated heterocycles. The summed E-state index contributed by atoms with van der Waals surface area (Å²) in [5.74, 6) is 1.89. The van der Waals surface area contributed by atoms with Gasteiger partial charge < -0.3 is 5.11 Å². The molecule has 0 bridgehead atoms. The van der Waals surface area contributed by atoms with Crippen molar-refractivity contribution in [3.63, 3.8) is 0 Å². The first-order valence-corrected chi connectivity index (χ1v) is 9.83. The molecule has 1 nitrogen and oxygen atoms in total. The van der Waals surface area contributed by atoms with Crippen molar-refractivity contribution < 1.29 is 5.11 Å². The average molecular weight is 329 g/mol. The lowest BCUT2D eigenvalue weighted by molar-refractivity contribution is 0.240. The fourth-order valence-corrected chi connectivity index (χ4v) is 2.92. The van der Waals surface area contributed by atoms with Gasteiger partial charge in [0.15, 0.2) is 0 Å². The summed E-state index contributed by atoms with van der Waals surface area (Å²) in [4.78, 5) is 2.08. The van der Waals surface area contributed by atoms with Crippen molar-refractivity contribution in [3.05, 3.63) is 22.5 Å². The van der Waals surface area contributed by atoms with E-state index in [0.29, 0.717) is 0 Å². The Bertz CT molecular complexity index is 292. The first kappa shape index (κ1) is 24.0. The van der Waals surface area contributed by atoms with E-state index >= 15 is 0 Å². The van der Waals surface area contributed by atoms with E-state index in [2.05, 4.69) is 41.2 Å². The first-order chi connectivity index (χ1) is 10.3. The molecule has 0 spiro atoms. The molecule has 0 aliphatic heterocycles. The Morgan fingerprint density at radius 2 is 1.68 bits per heavy atom. The number of allylic oxidation sites excluding steroid dienone is 2. The smallest absolute Gasteiger partial charge is 0.0820 e. The van der Waals surface area contributed by atoms with Crippen molar-refractivity contribution in [3.8, 4) is 0 Å². The third-order valence-corrected chi connectivity index (χ3v) is 5.17. The van der Waals surface area contributed by atoms with Gasteiger partial charge in [-0.05, 0) is 37.0 Å². The maximum atomic E-state index is 9.23. The molecule has 0 amide bonds. The highest BCUT2D eigenvalue weighted by Crippen LogP contribution is 2.28. The Hall–Kier alpha value is -0.210. The number of aliphatic hydroxyl groups excluding tert-OH is 1. The van der Waals surface area contributed by atoms with E-state index < -0.39 is 0 Å². The standard InChI is InChI=1S/C11H24.C9H16OS/c1-5-7-11(6-2)9-8-10(3)4;1-5-7(3)11-9(6-2)8(4)10/h10-11H,5-9H2,1-4H3;6,8,10H,3,5H2,1-2,4H3/b;9-6-/t11-;/m1./s1. The van der Waals surface area contributed by atoms with Gasteiger partial charge in [0.05, 0.1) is 6.10 Å². The van der Waals surface area contributed by atoms with Crippen molar-refractivity contribution >= 4 is 11.8 Å². The molecule has 1 unspecified atom stereocenters. The predicted octanol–water partition coefficient (Wildman–Crippen LogP) is 7.18. The van der Waals surface area contributed by atoms with Crippen LogP contribution in [0.4, 0.5) is 0 Å². The highest BCUT2D eigenvalue weighted by atomic mass is 32.2. The van der Waals surface area contributed by atoms with Gasteiger partial charge in [0, 0.05) is 4.91 Å². The molecule has 0 radical (unpaired) electrons. The van der Waals surface area contributed by atoms with Crippen LogP contribution in [0.3, 0.4) is 0 Å². The lowest BCUT2D eigenvalue weighted by Gasteiger charge is -2.14. The van der Waals surface area contributed by atoms with Gasteiger partial charge in [-0.3, -0.25) is 0 Å². The second kappa shape index (κ2) is 15.7. The van der Waals surface area contributed by atoms with Crippen LogP contribution in [0.15, 0.2) is 22.5 Å². The third kappa shape index (κ3) is 14.7. The van der Waals surface area contributed by atoms with Gasteiger partial charge in [-0.2, -0.15) is 0 Å². The quantitative estimate of drug-likeness (QED) is 0.458. The van der Waals surface area contributed by atoms with Crippen molar-refractivity contribution in [2.45, 2.75) is 93.1 Å². The van der Waals surface area contributed by atoms with E-state index in [0.717, 1.165) is 28.1 Å². The molecule has 0 rings (SSSR count). The van der Waals surface area contributed by atoms with Gasteiger partial charge in [0.25, 0.3) is 0 Å². The van der Waals surface area contributed by atoms with Gasteiger partial charge in [-0.1, -0.05) is 91.1 Å². The SMILES string of the molecule is C=C(CC)S/C(=C\C)C(C)O.CCC[C@@H](CC)CCC(C)C. The molecule has 2 atom stereocenters. The summed E-state index contributed by atoms with van der Waals surface area (Å²) in [5.41, 5.74) is 0. The average Bonchev–Trinajstić information content (AvgIpc) is 2.48. The maximum absolute atomic E-state index is 9.23. The fourth-order valence-electron chi connectivity index (χ4n) is 2.15. The van der Waals surface area contributed by atoms with Crippen LogP contribution in [-0.4, -0.2) is 11.2 Å². The molecule has 0 heterocycles. The van der Waals surface area contributed by atoms with Crippen LogP contribution in [0, 0.1) is 11.8 Å². The number of rotatable bonds is 10. The maximum Gasteiger partial charge on any atom is 0.0820 e. The fraction of sp³-hybridized carbons (Fsp3) is 0.800. The second-order valence-electron chi connectivity index (χ2n) is 6.40. The predicted molar refractivity (Wildman–Crippen MR) is 105 cm³/mol. The summed E-state index contributed by atoms with van der Waals surface area (Å²) in [5, 5.41) is 9.23. The molecule has 2 heteroatoms. The van der Waals surface area contributed by atoms with E-state index in [1.54, 1.807) is 18.7 Å². The van der Waals surface area contributed by atoms with Gasteiger partial charge >= 0.3 is 0 Å². The zero-order valence-electron chi connectivity index (χ0n) is 16.1. The zero-order valence-corrected chi connectivity index (χ0v) is 16.9. The number of hydrogen-bond acceptors (Lipinski definition) is 2. The van der Waals surface area contributed by atoms with Crippen LogP contribution < -0.4 is 0 Å². The number of hydrogen-bond donors (Lipinski definition) is 1. The van der Waals surface area contributed by atoms with E-state index in [-0.39, 0.29) is 6.10 Å². The molecule has 0 aromatic heterocycles. The van der Waals surface area contributed by atoms with Gasteiger partial charge in [-0.15, -0.1) is 0 Å². The molecule has 132 valence electrons. The molecule has 0 aromatic rings. The van der Waals surface area contributed by atoms with Crippen molar-refractivity contribution in [1.82, 2.24) is 0 Å². The minimum absolute atomic E-state index is 0.367. The highest BCUT2D eigenvalue weighted by molar-refractivity contribution is 8.06. The van der Waals surface area contributed by atoms with Crippen LogP contribution in [0.25, 0.3) is 0 Å². The summed E-state index contributed by atoms with van der Waals surface area (Å²) in [6, 6.07) is 0. The van der Waals surface area contributed by atoms with Crippen LogP contribution in [0.1, 0.15) is 87.0 Å². The molecular formula is C20H40OS. The molecule has 0 aromatic carbocycles. The summed E-state index contributed by atoms with van der Waals surface area (Å²) >= 11 is 1.57. The molecule has 0 fully saturated rings. The van der Waals surface area contributed by atoms with Crippen molar-refractivity contribution in [1.29, 1.82) is 0 Å². The summed E-state index contributed by atoms with van der Waals surface area (Å²) in [6.45, 7) is 18.9. The van der Waals surface area contributed by atoms with Crippen LogP contribution in [-0.2, 0) is 0 Å². The molecule has 22 heavy (non-hydrogen) atoms. The normalized spacial score (nSPS) is 14.3. The monoisotopic (exact) mass is 328 g/mol. The van der Waals surface area contributed by atoms with Crippen LogP contribution in [0.2, 0.25) is 0 Å². The summed E-state index contributed by atoms with van der Waals surface area (Å²) in [6.07, 6.45) is 9.54. The lowest BCUT2D eigenvalue weighted by atomic mass is 9.92. The van der Waals surface area contributed by atoms with Crippen LogP contribution >= 0.6 is 11.8 Å². The molecule has 0 aliphatic carbocycles. The van der Waals surface area contributed by atoms with E-state index in [1.807, 2.05) is 13.0 Å². The highest BCUT2D eigenvalue weighted by Gasteiger charge is 2.05. The molecule has 1 N–H and O–H groups in total. The topological polar surface area (TPSA) is 20.2 Å². The van der Waals surface area contributed by atoms with E-state index in [9.17, 15) is 5.11 Å². The first-order valence-electron chi connectivity index (χ1n) is 9.01. The Morgan fingerprint density at radius 1 is 1.09 bits per heavy atom. The Morgan fingerprint density at radius 3 is 2.00 bits per heavy atom. The third-order valence-electron chi connectivity index (χ3n) is 3.78. The summed E-state index contributed by atoms with van der Waals surface area (Å²) < 4.78 is 0. The Kier molecular flexibility index (Phi) is 17.1. The molecule has 0 saturated carbocycles. The Balaban J connectivity index is 0. The number of aliphatic hydroxyl groups is 1. The minimum atomic E-state index is -0.367. The van der Waals surface area contributed by atoms with Crippen molar-refractivity contribution in [2.24, 2.45) is 11.8 Å².